The normalized spacial score (nSPS) is 19.6. The first kappa shape index (κ1) is 21.6. The Balaban J connectivity index is 1.77. The monoisotopic (exact) mass is 409 g/mol. The summed E-state index contributed by atoms with van der Waals surface area (Å²) in [5.41, 5.74) is 10.9. The van der Waals surface area contributed by atoms with E-state index < -0.39 is 0 Å². The zero-order valence-electron chi connectivity index (χ0n) is 17.2. The molecule has 1 fully saturated rings. The van der Waals surface area contributed by atoms with Crippen molar-refractivity contribution in [2.75, 3.05) is 13.7 Å². The van der Waals surface area contributed by atoms with Crippen LogP contribution >= 0.6 is 0 Å². The van der Waals surface area contributed by atoms with Gasteiger partial charge < -0.3 is 20.0 Å². The fourth-order valence-corrected chi connectivity index (χ4v) is 3.47. The molecule has 1 aliphatic rings. The number of carbonyl (C=O) groups is 1. The molecule has 0 radical (unpaired) electrons. The summed E-state index contributed by atoms with van der Waals surface area (Å²) >= 11 is 0. The van der Waals surface area contributed by atoms with Crippen LogP contribution in [0.3, 0.4) is 0 Å². The Morgan fingerprint density at radius 1 is 1.40 bits per heavy atom. The SMILES string of the molecule is C=C(/C=C\C(=C/C)c1ccccc1)C(=O)N1CC(NOC)C[C@H]1c1nc(CN)no1. The first-order valence-corrected chi connectivity index (χ1v) is 9.78. The Morgan fingerprint density at radius 3 is 2.80 bits per heavy atom. The van der Waals surface area contributed by atoms with Crippen molar-refractivity contribution >= 4 is 11.5 Å². The van der Waals surface area contributed by atoms with E-state index in [0.29, 0.717) is 30.3 Å². The number of allylic oxidation sites excluding steroid dienone is 3. The molecule has 0 saturated carbocycles. The van der Waals surface area contributed by atoms with Gasteiger partial charge in [0.25, 0.3) is 5.91 Å². The number of nitrogens with two attached hydrogens (primary N) is 1. The first-order valence-electron chi connectivity index (χ1n) is 9.78. The number of nitrogens with zero attached hydrogens (tertiary/aromatic N) is 3. The van der Waals surface area contributed by atoms with Crippen LogP contribution in [-0.2, 0) is 16.2 Å². The van der Waals surface area contributed by atoms with Crippen LogP contribution in [0.4, 0.5) is 0 Å². The standard InChI is InChI=1S/C22H27N5O3/c1-4-16(17-8-6-5-7-9-17)11-10-15(2)22(28)27-14-18(25-29-3)12-19(27)21-24-20(13-23)26-30-21/h4-11,18-19,25H,2,12-14,23H2,1,3H3/b11-10-,16-4+/t18?,19-/m0/s1. The molecule has 2 aromatic rings. The topological polar surface area (TPSA) is 107 Å². The van der Waals surface area contributed by atoms with Crippen LogP contribution in [0.25, 0.3) is 5.57 Å². The smallest absolute Gasteiger partial charge is 0.253 e. The second kappa shape index (κ2) is 10.1. The molecule has 158 valence electrons. The van der Waals surface area contributed by atoms with Crippen molar-refractivity contribution in [3.8, 4) is 0 Å². The summed E-state index contributed by atoms with van der Waals surface area (Å²) in [5.74, 6) is 0.562. The number of carbonyl (C=O) groups excluding carboxylic acids is 1. The maximum Gasteiger partial charge on any atom is 0.253 e. The van der Waals surface area contributed by atoms with Gasteiger partial charge in [-0.1, -0.05) is 54.2 Å². The molecule has 2 heterocycles. The predicted octanol–water partition coefficient (Wildman–Crippen LogP) is 2.54. The maximum atomic E-state index is 13.2. The molecule has 1 aromatic heterocycles. The van der Waals surface area contributed by atoms with E-state index in [1.807, 2.05) is 49.4 Å². The molecule has 1 aliphatic heterocycles. The van der Waals surface area contributed by atoms with Crippen LogP contribution in [0.15, 0.2) is 65.2 Å². The highest BCUT2D eigenvalue weighted by Crippen LogP contribution is 2.32. The second-order valence-corrected chi connectivity index (χ2v) is 6.95. The largest absolute Gasteiger partial charge is 0.337 e. The van der Waals surface area contributed by atoms with Gasteiger partial charge in [0.1, 0.15) is 6.04 Å². The number of benzene rings is 1. The van der Waals surface area contributed by atoms with Gasteiger partial charge in [-0.3, -0.25) is 4.79 Å². The van der Waals surface area contributed by atoms with E-state index in [4.69, 9.17) is 15.1 Å². The van der Waals surface area contributed by atoms with Gasteiger partial charge in [-0.25, -0.2) is 0 Å². The highest BCUT2D eigenvalue weighted by molar-refractivity contribution is 5.96. The van der Waals surface area contributed by atoms with Crippen LogP contribution in [0.1, 0.15) is 36.7 Å². The Morgan fingerprint density at radius 2 is 2.17 bits per heavy atom. The Labute approximate surface area is 176 Å². The van der Waals surface area contributed by atoms with Gasteiger partial charge in [0.2, 0.25) is 5.89 Å². The lowest BCUT2D eigenvalue weighted by molar-refractivity contribution is -0.128. The molecule has 1 amide bonds. The summed E-state index contributed by atoms with van der Waals surface area (Å²) in [6, 6.07) is 9.52. The molecule has 3 N–H and O–H groups in total. The lowest BCUT2D eigenvalue weighted by Crippen LogP contribution is -2.35. The van der Waals surface area contributed by atoms with Crippen molar-refractivity contribution in [3.63, 3.8) is 0 Å². The van der Waals surface area contributed by atoms with Crippen LogP contribution < -0.4 is 11.2 Å². The quantitative estimate of drug-likeness (QED) is 0.392. The molecule has 30 heavy (non-hydrogen) atoms. The number of nitrogens with one attached hydrogen (secondary N) is 1. The minimum Gasteiger partial charge on any atom is -0.337 e. The van der Waals surface area contributed by atoms with E-state index in [1.54, 1.807) is 18.1 Å². The van der Waals surface area contributed by atoms with Crippen LogP contribution in [0, 0.1) is 0 Å². The van der Waals surface area contributed by atoms with Gasteiger partial charge in [0.15, 0.2) is 5.82 Å². The summed E-state index contributed by atoms with van der Waals surface area (Å²) in [5, 5.41) is 3.85. The van der Waals surface area contributed by atoms with E-state index in [1.165, 1.54) is 0 Å². The molecular formula is C22H27N5O3. The highest BCUT2D eigenvalue weighted by atomic mass is 16.6. The molecule has 8 heteroatoms. The number of rotatable bonds is 8. The third kappa shape index (κ3) is 4.91. The lowest BCUT2D eigenvalue weighted by Gasteiger charge is -2.22. The number of hydroxylamine groups is 1. The third-order valence-corrected chi connectivity index (χ3v) is 4.95. The van der Waals surface area contributed by atoms with Crippen molar-refractivity contribution in [2.45, 2.75) is 32.0 Å². The molecule has 0 aliphatic carbocycles. The molecule has 8 nitrogen and oxygen atoms in total. The summed E-state index contributed by atoms with van der Waals surface area (Å²) in [7, 11) is 1.54. The summed E-state index contributed by atoms with van der Waals surface area (Å²) in [6.45, 7) is 6.54. The van der Waals surface area contributed by atoms with Gasteiger partial charge in [0.05, 0.1) is 19.7 Å². The number of amides is 1. The minimum absolute atomic E-state index is 0.0654. The Bertz CT molecular complexity index is 935. The van der Waals surface area contributed by atoms with Crippen molar-refractivity contribution in [3.05, 3.63) is 78.0 Å². The van der Waals surface area contributed by atoms with Gasteiger partial charge in [-0.05, 0) is 30.6 Å². The number of aromatic nitrogens is 2. The average molecular weight is 409 g/mol. The molecule has 2 atom stereocenters. The number of hydrogen-bond donors (Lipinski definition) is 2. The Kier molecular flexibility index (Phi) is 7.29. The van der Waals surface area contributed by atoms with Crippen molar-refractivity contribution in [1.82, 2.24) is 20.5 Å². The fourth-order valence-electron chi connectivity index (χ4n) is 3.47. The van der Waals surface area contributed by atoms with E-state index in [2.05, 4.69) is 22.2 Å². The second-order valence-electron chi connectivity index (χ2n) is 6.95. The average Bonchev–Trinajstić information content (AvgIpc) is 3.41. The third-order valence-electron chi connectivity index (χ3n) is 4.95. The Hall–Kier alpha value is -3.07. The highest BCUT2D eigenvalue weighted by Gasteiger charge is 2.39. The summed E-state index contributed by atoms with van der Waals surface area (Å²) in [4.78, 5) is 24.2. The molecule has 3 rings (SSSR count). The summed E-state index contributed by atoms with van der Waals surface area (Å²) < 4.78 is 5.34. The van der Waals surface area contributed by atoms with Crippen LogP contribution in [0.5, 0.6) is 0 Å². The van der Waals surface area contributed by atoms with E-state index in [0.717, 1.165) is 11.1 Å². The van der Waals surface area contributed by atoms with E-state index in [-0.39, 0.29) is 24.5 Å². The first-order chi connectivity index (χ1) is 14.6. The molecule has 0 bridgehead atoms. The fraction of sp³-hybridized carbons (Fsp3) is 0.318. The van der Waals surface area contributed by atoms with Crippen LogP contribution in [0.2, 0.25) is 0 Å². The number of hydrogen-bond acceptors (Lipinski definition) is 7. The van der Waals surface area contributed by atoms with E-state index in [9.17, 15) is 4.79 Å². The summed E-state index contributed by atoms with van der Waals surface area (Å²) in [6.07, 6.45) is 6.20. The zero-order valence-corrected chi connectivity index (χ0v) is 17.2. The molecule has 1 unspecified atom stereocenters. The van der Waals surface area contributed by atoms with Gasteiger partial charge in [-0.2, -0.15) is 10.5 Å². The predicted molar refractivity (Wildman–Crippen MR) is 114 cm³/mol. The molecular weight excluding hydrogens is 382 g/mol. The van der Waals surface area contributed by atoms with E-state index >= 15 is 0 Å². The number of likely N-dealkylation sites (tertiary alicyclic amines) is 1. The van der Waals surface area contributed by atoms with Crippen molar-refractivity contribution in [1.29, 1.82) is 0 Å². The van der Waals surface area contributed by atoms with Gasteiger partial charge >= 0.3 is 0 Å². The minimum atomic E-state index is -0.376. The lowest BCUT2D eigenvalue weighted by atomic mass is 10.0. The molecule has 0 spiro atoms. The maximum absolute atomic E-state index is 13.2. The molecule has 1 aromatic carbocycles. The zero-order chi connectivity index (χ0) is 21.5. The van der Waals surface area contributed by atoms with Gasteiger partial charge in [0, 0.05) is 12.1 Å². The van der Waals surface area contributed by atoms with Crippen LogP contribution in [-0.4, -0.2) is 40.6 Å². The van der Waals surface area contributed by atoms with Crippen molar-refractivity contribution in [2.24, 2.45) is 5.73 Å². The van der Waals surface area contributed by atoms with Gasteiger partial charge in [-0.15, -0.1) is 0 Å². The molecule has 1 saturated heterocycles. The van der Waals surface area contributed by atoms with Crippen molar-refractivity contribution < 1.29 is 14.2 Å².